The highest BCUT2D eigenvalue weighted by atomic mass is 15.4. The lowest BCUT2D eigenvalue weighted by Crippen LogP contribution is -1.92. The van der Waals surface area contributed by atoms with E-state index in [4.69, 9.17) is 0 Å². The monoisotopic (exact) mass is 134 g/mol. The highest BCUT2D eigenvalue weighted by Crippen LogP contribution is 1.99. The molecule has 50 valence electrons. The molecule has 4 heteroatoms. The van der Waals surface area contributed by atoms with Crippen molar-refractivity contribution in [3.8, 4) is 0 Å². The Kier molecular flexibility index (Phi) is 0.943. The quantitative estimate of drug-likeness (QED) is 0.524. The Morgan fingerprint density at radius 1 is 1.50 bits per heavy atom. The second kappa shape index (κ2) is 1.76. The lowest BCUT2D eigenvalue weighted by molar-refractivity contribution is 0.770. The standard InChI is InChI=1S/C6H6N4/c1-5-2-6-3-7-4-8-10(6)9-5/h2-4H,1H3. The predicted octanol–water partition coefficient (Wildman–Crippen LogP) is 0.433. The Hall–Kier alpha value is -1.45. The highest BCUT2D eigenvalue weighted by Gasteiger charge is 1.94. The van der Waals surface area contributed by atoms with Gasteiger partial charge in [0, 0.05) is 0 Å². The Morgan fingerprint density at radius 3 is 3.20 bits per heavy atom. The second-order valence-electron chi connectivity index (χ2n) is 2.11. The molecule has 0 aliphatic rings. The Bertz CT molecular complexity index is 318. The van der Waals surface area contributed by atoms with Crippen molar-refractivity contribution in [2.75, 3.05) is 0 Å². The van der Waals surface area contributed by atoms with Gasteiger partial charge in [0.25, 0.3) is 0 Å². The molecule has 0 unspecified atom stereocenters. The lowest BCUT2D eigenvalue weighted by atomic mass is 10.4. The van der Waals surface area contributed by atoms with E-state index in [-0.39, 0.29) is 0 Å². The summed E-state index contributed by atoms with van der Waals surface area (Å²) in [6.07, 6.45) is 3.20. The van der Waals surface area contributed by atoms with Gasteiger partial charge in [-0.15, -0.1) is 9.73 Å². The number of nitrogens with zero attached hydrogens (tertiary/aromatic N) is 4. The van der Waals surface area contributed by atoms with Gasteiger partial charge in [-0.25, -0.2) is 4.98 Å². The molecule has 10 heavy (non-hydrogen) atoms. The molecule has 0 atom stereocenters. The van der Waals surface area contributed by atoms with Crippen molar-refractivity contribution in [2.45, 2.75) is 6.92 Å². The van der Waals surface area contributed by atoms with Crippen molar-refractivity contribution in [2.24, 2.45) is 0 Å². The first-order valence-electron chi connectivity index (χ1n) is 2.99. The number of aryl methyl sites for hydroxylation is 1. The third kappa shape index (κ3) is 0.655. The Labute approximate surface area is 57.5 Å². The highest BCUT2D eigenvalue weighted by molar-refractivity contribution is 5.42. The van der Waals surface area contributed by atoms with Crippen LogP contribution in [0.15, 0.2) is 18.6 Å². The van der Waals surface area contributed by atoms with E-state index in [0.717, 1.165) is 11.2 Å². The predicted molar refractivity (Wildman–Crippen MR) is 35.5 cm³/mol. The maximum atomic E-state index is 4.08. The van der Waals surface area contributed by atoms with Crippen molar-refractivity contribution in [1.29, 1.82) is 0 Å². The van der Waals surface area contributed by atoms with E-state index in [0.29, 0.717) is 0 Å². The topological polar surface area (TPSA) is 43.1 Å². The van der Waals surface area contributed by atoms with E-state index >= 15 is 0 Å². The first-order chi connectivity index (χ1) is 4.86. The van der Waals surface area contributed by atoms with Crippen LogP contribution in [0.5, 0.6) is 0 Å². The molecule has 0 N–H and O–H groups in total. The second-order valence-corrected chi connectivity index (χ2v) is 2.11. The summed E-state index contributed by atoms with van der Waals surface area (Å²) < 4.78 is 1.56. The fourth-order valence-electron chi connectivity index (χ4n) is 0.878. The van der Waals surface area contributed by atoms with E-state index in [9.17, 15) is 0 Å². The summed E-state index contributed by atoms with van der Waals surface area (Å²) >= 11 is 0. The van der Waals surface area contributed by atoms with Gasteiger partial charge in [0.2, 0.25) is 0 Å². The summed E-state index contributed by atoms with van der Waals surface area (Å²) in [4.78, 5) is 3.85. The molecule has 0 saturated heterocycles. The van der Waals surface area contributed by atoms with Crippen LogP contribution in [0, 0.1) is 6.92 Å². The van der Waals surface area contributed by atoms with Crippen molar-refractivity contribution < 1.29 is 0 Å². The number of hydrogen-bond donors (Lipinski definition) is 0. The third-order valence-corrected chi connectivity index (χ3v) is 1.27. The minimum Gasteiger partial charge on any atom is -0.241 e. The summed E-state index contributed by atoms with van der Waals surface area (Å²) in [7, 11) is 0. The molecular formula is C6H6N4. The largest absolute Gasteiger partial charge is 0.241 e. The average Bonchev–Trinajstić information content (AvgIpc) is 2.27. The maximum absolute atomic E-state index is 4.08. The van der Waals surface area contributed by atoms with Gasteiger partial charge in [-0.2, -0.15) is 5.10 Å². The average molecular weight is 134 g/mol. The van der Waals surface area contributed by atoms with Gasteiger partial charge in [-0.3, -0.25) is 0 Å². The van der Waals surface area contributed by atoms with Crippen LogP contribution in [0.25, 0.3) is 5.52 Å². The van der Waals surface area contributed by atoms with Crippen molar-refractivity contribution in [3.63, 3.8) is 0 Å². The van der Waals surface area contributed by atoms with Crippen LogP contribution in [0.1, 0.15) is 5.69 Å². The molecular weight excluding hydrogens is 128 g/mol. The zero-order valence-electron chi connectivity index (χ0n) is 5.52. The lowest BCUT2D eigenvalue weighted by Gasteiger charge is -1.84. The Balaban J connectivity index is 2.88. The van der Waals surface area contributed by atoms with E-state index in [2.05, 4.69) is 15.2 Å². The molecule has 2 aromatic heterocycles. The molecule has 2 aromatic rings. The van der Waals surface area contributed by atoms with Gasteiger partial charge in [0.15, 0.2) is 0 Å². The molecule has 0 fully saturated rings. The fourth-order valence-corrected chi connectivity index (χ4v) is 0.878. The van der Waals surface area contributed by atoms with Gasteiger partial charge >= 0.3 is 0 Å². The molecule has 2 rings (SSSR count). The SMILES string of the molecule is Cc1cc2cncnn2n1. The number of aromatic nitrogens is 4. The van der Waals surface area contributed by atoms with Gasteiger partial charge in [-0.05, 0) is 13.0 Å². The van der Waals surface area contributed by atoms with Gasteiger partial charge in [-0.1, -0.05) is 0 Å². The van der Waals surface area contributed by atoms with Gasteiger partial charge in [0.1, 0.15) is 11.8 Å². The number of fused-ring (bicyclic) bond motifs is 1. The van der Waals surface area contributed by atoms with Crippen molar-refractivity contribution in [1.82, 2.24) is 19.8 Å². The number of hydrogen-bond acceptors (Lipinski definition) is 3. The van der Waals surface area contributed by atoms with Crippen LogP contribution in [-0.2, 0) is 0 Å². The van der Waals surface area contributed by atoms with Gasteiger partial charge in [0.05, 0.1) is 11.9 Å². The first kappa shape index (κ1) is 5.34. The first-order valence-corrected chi connectivity index (χ1v) is 2.99. The minimum atomic E-state index is 0.931. The normalized spacial score (nSPS) is 10.5. The number of rotatable bonds is 0. The van der Waals surface area contributed by atoms with E-state index in [1.165, 1.54) is 6.33 Å². The molecule has 2 heterocycles. The molecule has 0 spiro atoms. The molecule has 0 amide bonds. The van der Waals surface area contributed by atoms with Crippen LogP contribution in [0.2, 0.25) is 0 Å². The van der Waals surface area contributed by atoms with Crippen LogP contribution in [0.3, 0.4) is 0 Å². The minimum absolute atomic E-state index is 0.931. The van der Waals surface area contributed by atoms with Gasteiger partial charge < -0.3 is 0 Å². The maximum Gasteiger partial charge on any atom is 0.138 e. The van der Waals surface area contributed by atoms with E-state index < -0.39 is 0 Å². The summed E-state index contributed by atoms with van der Waals surface area (Å²) in [6, 6.07) is 1.93. The van der Waals surface area contributed by atoms with Crippen LogP contribution < -0.4 is 0 Å². The summed E-state index contributed by atoms with van der Waals surface area (Å²) in [5, 5.41) is 7.98. The van der Waals surface area contributed by atoms with Crippen LogP contribution in [-0.4, -0.2) is 19.8 Å². The summed E-state index contributed by atoms with van der Waals surface area (Å²) in [5.74, 6) is 0. The smallest absolute Gasteiger partial charge is 0.138 e. The summed E-state index contributed by atoms with van der Waals surface area (Å²) in [5.41, 5.74) is 1.89. The molecule has 0 aliphatic carbocycles. The zero-order chi connectivity index (χ0) is 6.97. The Morgan fingerprint density at radius 2 is 2.40 bits per heavy atom. The van der Waals surface area contributed by atoms with Crippen LogP contribution in [0.4, 0.5) is 0 Å². The van der Waals surface area contributed by atoms with E-state index in [1.807, 2.05) is 13.0 Å². The third-order valence-electron chi connectivity index (χ3n) is 1.27. The molecule has 0 radical (unpaired) electrons. The summed E-state index contributed by atoms with van der Waals surface area (Å²) in [6.45, 7) is 1.93. The molecule has 0 saturated carbocycles. The zero-order valence-corrected chi connectivity index (χ0v) is 5.52. The van der Waals surface area contributed by atoms with Crippen molar-refractivity contribution >= 4 is 5.52 Å². The molecule has 0 bridgehead atoms. The van der Waals surface area contributed by atoms with Crippen molar-refractivity contribution in [3.05, 3.63) is 24.3 Å². The molecule has 4 nitrogen and oxygen atoms in total. The molecule has 0 aliphatic heterocycles. The van der Waals surface area contributed by atoms with Crippen LogP contribution >= 0.6 is 0 Å². The van der Waals surface area contributed by atoms with E-state index in [1.54, 1.807) is 10.8 Å². The molecule has 0 aromatic carbocycles. The fraction of sp³-hybridized carbons (Fsp3) is 0.167.